The van der Waals surface area contributed by atoms with Gasteiger partial charge in [-0.3, -0.25) is 0 Å². The topological polar surface area (TPSA) is 67.6 Å². The smallest absolute Gasteiger partial charge is 0.192 e. The molecule has 0 amide bonds. The standard InChI is InChI=1S/C21H32ClN3O4Si/c1-12-9-13-17(22)23-11-24-18(13)25(12)19-16-15(28-21(5,6)29-16)14(27-19)10-26-30(7,8)20(2,3)4/h9,11,14-16,19H,10H2,1-8H3/t14-,15-,16-,19-/m1/s1. The van der Waals surface area contributed by atoms with Gasteiger partial charge in [0.05, 0.1) is 12.0 Å². The Morgan fingerprint density at radius 2 is 1.87 bits per heavy atom. The zero-order valence-electron chi connectivity index (χ0n) is 19.0. The molecule has 2 fully saturated rings. The lowest BCUT2D eigenvalue weighted by Crippen LogP contribution is -2.44. The van der Waals surface area contributed by atoms with Crippen LogP contribution >= 0.6 is 11.6 Å². The van der Waals surface area contributed by atoms with Gasteiger partial charge in [0.2, 0.25) is 0 Å². The average Bonchev–Trinajstić information content (AvgIpc) is 3.21. The van der Waals surface area contributed by atoms with Gasteiger partial charge in [0.25, 0.3) is 0 Å². The fraction of sp³-hybridized carbons (Fsp3) is 0.714. The number of hydrogen-bond donors (Lipinski definition) is 0. The van der Waals surface area contributed by atoms with Crippen molar-refractivity contribution in [3.63, 3.8) is 0 Å². The number of aromatic nitrogens is 3. The predicted octanol–water partition coefficient (Wildman–Crippen LogP) is 4.83. The summed E-state index contributed by atoms with van der Waals surface area (Å²) in [5, 5.41) is 1.35. The number of nitrogens with zero attached hydrogens (tertiary/aromatic N) is 3. The van der Waals surface area contributed by atoms with E-state index in [1.807, 2.05) is 31.4 Å². The highest BCUT2D eigenvalue weighted by atomic mass is 35.5. The van der Waals surface area contributed by atoms with Crippen LogP contribution < -0.4 is 0 Å². The van der Waals surface area contributed by atoms with Gasteiger partial charge in [0, 0.05) is 5.69 Å². The van der Waals surface area contributed by atoms with Crippen molar-refractivity contribution in [3.8, 4) is 0 Å². The van der Waals surface area contributed by atoms with Crippen LogP contribution in [0.1, 0.15) is 46.5 Å². The van der Waals surface area contributed by atoms with Gasteiger partial charge in [-0.1, -0.05) is 32.4 Å². The van der Waals surface area contributed by atoms with Crippen molar-refractivity contribution in [3.05, 3.63) is 23.2 Å². The molecule has 2 aliphatic rings. The quantitative estimate of drug-likeness (QED) is 0.487. The van der Waals surface area contributed by atoms with Crippen molar-refractivity contribution < 1.29 is 18.6 Å². The van der Waals surface area contributed by atoms with Crippen LogP contribution in [0.5, 0.6) is 0 Å². The number of ether oxygens (including phenoxy) is 3. The van der Waals surface area contributed by atoms with E-state index in [0.717, 1.165) is 16.7 Å². The van der Waals surface area contributed by atoms with Crippen molar-refractivity contribution in [1.29, 1.82) is 0 Å². The lowest BCUT2D eigenvalue weighted by Gasteiger charge is -2.37. The second-order valence-electron chi connectivity index (χ2n) is 10.3. The molecular weight excluding hydrogens is 422 g/mol. The summed E-state index contributed by atoms with van der Waals surface area (Å²) in [7, 11) is -1.92. The minimum absolute atomic E-state index is 0.123. The second kappa shape index (κ2) is 7.25. The molecule has 0 aliphatic carbocycles. The Hall–Kier alpha value is -1.03. The van der Waals surface area contributed by atoms with E-state index < -0.39 is 14.1 Å². The summed E-state index contributed by atoms with van der Waals surface area (Å²) in [5.74, 6) is -0.684. The Morgan fingerprint density at radius 1 is 1.20 bits per heavy atom. The van der Waals surface area contributed by atoms with E-state index in [1.165, 1.54) is 6.33 Å². The van der Waals surface area contributed by atoms with Gasteiger partial charge in [-0.05, 0) is 45.0 Å². The molecule has 0 unspecified atom stereocenters. The van der Waals surface area contributed by atoms with Gasteiger partial charge in [-0.25, -0.2) is 9.97 Å². The van der Waals surface area contributed by atoms with Gasteiger partial charge in [0.1, 0.15) is 35.4 Å². The van der Waals surface area contributed by atoms with Crippen molar-refractivity contribution >= 4 is 31.0 Å². The summed E-state index contributed by atoms with van der Waals surface area (Å²) in [6.45, 7) is 17.6. The molecule has 30 heavy (non-hydrogen) atoms. The largest absolute Gasteiger partial charge is 0.414 e. The van der Waals surface area contributed by atoms with Crippen LogP contribution in [-0.4, -0.2) is 53.6 Å². The number of halogens is 1. The molecule has 0 bridgehead atoms. The molecule has 0 radical (unpaired) electrons. The molecule has 2 aliphatic heterocycles. The van der Waals surface area contributed by atoms with Gasteiger partial charge in [-0.15, -0.1) is 0 Å². The third-order valence-corrected chi connectivity index (χ3v) is 11.4. The summed E-state index contributed by atoms with van der Waals surface area (Å²) in [4.78, 5) is 8.57. The molecule has 4 rings (SSSR count). The first kappa shape index (κ1) is 22.2. The highest BCUT2D eigenvalue weighted by Crippen LogP contribution is 2.45. The van der Waals surface area contributed by atoms with Crippen molar-refractivity contribution in [2.75, 3.05) is 6.61 Å². The molecule has 4 heterocycles. The molecule has 0 aromatic carbocycles. The lowest BCUT2D eigenvalue weighted by atomic mass is 10.1. The number of rotatable bonds is 4. The highest BCUT2D eigenvalue weighted by molar-refractivity contribution is 6.74. The molecule has 166 valence electrons. The van der Waals surface area contributed by atoms with Crippen LogP contribution in [0.2, 0.25) is 23.3 Å². The number of hydrogen-bond acceptors (Lipinski definition) is 6. The highest BCUT2D eigenvalue weighted by Gasteiger charge is 2.56. The monoisotopic (exact) mass is 453 g/mol. The van der Waals surface area contributed by atoms with Crippen LogP contribution in [0.25, 0.3) is 11.0 Å². The number of aryl methyl sites for hydroxylation is 1. The minimum atomic E-state index is -1.92. The molecule has 0 saturated carbocycles. The maximum absolute atomic E-state index is 6.51. The zero-order valence-corrected chi connectivity index (χ0v) is 20.8. The summed E-state index contributed by atoms with van der Waals surface area (Å²) in [5.41, 5.74) is 1.71. The van der Waals surface area contributed by atoms with Gasteiger partial charge in [-0.2, -0.15) is 0 Å². The third-order valence-electron chi connectivity index (χ3n) is 6.57. The lowest BCUT2D eigenvalue weighted by molar-refractivity contribution is -0.199. The SMILES string of the molecule is Cc1cc2c(Cl)ncnc2n1[C@@H]1O[C@H](CO[Si](C)(C)C(C)(C)C)[C@H]2OC(C)(C)O[C@H]21. The van der Waals surface area contributed by atoms with Gasteiger partial charge < -0.3 is 23.2 Å². The molecule has 0 spiro atoms. The van der Waals surface area contributed by atoms with Crippen LogP contribution in [0.3, 0.4) is 0 Å². The fourth-order valence-corrected chi connectivity index (χ4v) is 5.15. The van der Waals surface area contributed by atoms with E-state index in [9.17, 15) is 0 Å². The predicted molar refractivity (Wildman–Crippen MR) is 118 cm³/mol. The van der Waals surface area contributed by atoms with Crippen LogP contribution in [0.15, 0.2) is 12.4 Å². The van der Waals surface area contributed by atoms with E-state index >= 15 is 0 Å². The second-order valence-corrected chi connectivity index (χ2v) is 15.4. The number of fused-ring (bicyclic) bond motifs is 2. The third kappa shape index (κ3) is 3.71. The molecular formula is C21H32ClN3O4Si. The van der Waals surface area contributed by atoms with E-state index in [2.05, 4.69) is 43.8 Å². The first-order chi connectivity index (χ1) is 13.8. The first-order valence-corrected chi connectivity index (χ1v) is 13.7. The summed E-state index contributed by atoms with van der Waals surface area (Å²) >= 11 is 6.30. The van der Waals surface area contributed by atoms with Crippen LogP contribution in [-0.2, 0) is 18.6 Å². The Kier molecular flexibility index (Phi) is 5.36. The zero-order chi connectivity index (χ0) is 22.1. The molecule has 9 heteroatoms. The van der Waals surface area contributed by atoms with Crippen LogP contribution in [0, 0.1) is 6.92 Å². The van der Waals surface area contributed by atoms with E-state index in [1.54, 1.807) is 0 Å². The van der Waals surface area contributed by atoms with E-state index in [4.69, 9.17) is 30.2 Å². The summed E-state index contributed by atoms with van der Waals surface area (Å²) < 4.78 is 27.6. The molecule has 2 aromatic heterocycles. The van der Waals surface area contributed by atoms with Crippen LogP contribution in [0.4, 0.5) is 0 Å². The normalized spacial score (nSPS) is 29.0. The molecule has 2 saturated heterocycles. The Bertz CT molecular complexity index is 956. The molecule has 4 atom stereocenters. The van der Waals surface area contributed by atoms with Crippen molar-refractivity contribution in [2.45, 2.75) is 90.0 Å². The molecule has 0 N–H and O–H groups in total. The van der Waals surface area contributed by atoms with E-state index in [-0.39, 0.29) is 29.6 Å². The van der Waals surface area contributed by atoms with Crippen molar-refractivity contribution in [2.24, 2.45) is 0 Å². The van der Waals surface area contributed by atoms with E-state index in [0.29, 0.717) is 11.8 Å². The minimum Gasteiger partial charge on any atom is -0.414 e. The first-order valence-electron chi connectivity index (χ1n) is 10.4. The van der Waals surface area contributed by atoms with Gasteiger partial charge in [0.15, 0.2) is 20.3 Å². The Morgan fingerprint density at radius 3 is 2.53 bits per heavy atom. The maximum Gasteiger partial charge on any atom is 0.192 e. The summed E-state index contributed by atoms with van der Waals surface area (Å²) in [6.07, 6.45) is 0.374. The maximum atomic E-state index is 6.51. The summed E-state index contributed by atoms with van der Waals surface area (Å²) in [6, 6.07) is 1.98. The fourth-order valence-electron chi connectivity index (χ4n) is 3.96. The molecule has 2 aromatic rings. The average molecular weight is 454 g/mol. The Labute approximate surface area is 184 Å². The van der Waals surface area contributed by atoms with Crippen molar-refractivity contribution in [1.82, 2.24) is 14.5 Å². The van der Waals surface area contributed by atoms with Gasteiger partial charge >= 0.3 is 0 Å². The molecule has 7 nitrogen and oxygen atoms in total. The Balaban J connectivity index is 1.66.